The van der Waals surface area contributed by atoms with Crippen molar-refractivity contribution in [2.24, 2.45) is 0 Å². The second kappa shape index (κ2) is 17.0. The lowest BCUT2D eigenvalue weighted by Crippen LogP contribution is -2.38. The summed E-state index contributed by atoms with van der Waals surface area (Å²) in [7, 11) is 1.62. The first-order valence-electron chi connectivity index (χ1n) is 14.6. The third-order valence-corrected chi connectivity index (χ3v) is 7.08. The number of likely N-dealkylation sites (tertiary alicyclic amines) is 1. The summed E-state index contributed by atoms with van der Waals surface area (Å²) in [5.74, 6) is 0.935. The van der Waals surface area contributed by atoms with Gasteiger partial charge in [0.1, 0.15) is 6.10 Å². The second-order valence-corrected chi connectivity index (χ2v) is 10.0. The standard InChI is InChI=1S/C36H41NO5/c1-3-40-35(38)19-11-10-14-29-20-21-33(34(28-29)39-2)41-27-13-12-24-37-25-22-32(23-26-37)42-36(30-15-6-4-7-16-30)31-17-8-5-9-18-31/h4-11,13-21,27-28,32,36H,3,12,22-26H2,1-2H3/b14-10?,19-11?,27-13-. The summed E-state index contributed by atoms with van der Waals surface area (Å²) in [6, 6.07) is 26.7. The lowest BCUT2D eigenvalue weighted by Gasteiger charge is -2.34. The molecule has 4 rings (SSSR count). The average Bonchev–Trinajstić information content (AvgIpc) is 3.04. The molecule has 0 unspecified atom stereocenters. The summed E-state index contributed by atoms with van der Waals surface area (Å²) in [6.07, 6.45) is 13.6. The highest BCUT2D eigenvalue weighted by molar-refractivity contribution is 5.82. The van der Waals surface area contributed by atoms with Crippen LogP contribution in [0.2, 0.25) is 0 Å². The molecule has 1 aliphatic heterocycles. The summed E-state index contributed by atoms with van der Waals surface area (Å²) in [4.78, 5) is 13.9. The number of piperidine rings is 1. The molecule has 3 aromatic carbocycles. The number of hydrogen-bond acceptors (Lipinski definition) is 6. The molecule has 0 amide bonds. The van der Waals surface area contributed by atoms with Crippen molar-refractivity contribution in [3.8, 4) is 11.5 Å². The summed E-state index contributed by atoms with van der Waals surface area (Å²) in [5.41, 5.74) is 3.33. The molecule has 0 aromatic heterocycles. The SMILES string of the molecule is CCOC(=O)C=CC=Cc1ccc(O/C=C\CCN2CCC(OC(c3ccccc3)c3ccccc3)CC2)c(OC)c1. The average molecular weight is 568 g/mol. The number of rotatable bonds is 14. The summed E-state index contributed by atoms with van der Waals surface area (Å²) < 4.78 is 22.9. The minimum Gasteiger partial charge on any atom is -0.493 e. The van der Waals surface area contributed by atoms with E-state index in [0.717, 1.165) is 44.5 Å². The number of benzene rings is 3. The molecule has 6 heteroatoms. The van der Waals surface area contributed by atoms with Crippen LogP contribution in [0.4, 0.5) is 0 Å². The van der Waals surface area contributed by atoms with Gasteiger partial charge in [0, 0.05) is 25.7 Å². The number of carbonyl (C=O) groups excluding carboxylic acids is 1. The number of esters is 1. The first kappa shape index (κ1) is 30.8. The van der Waals surface area contributed by atoms with E-state index in [-0.39, 0.29) is 18.2 Å². The van der Waals surface area contributed by atoms with E-state index in [2.05, 4.69) is 59.5 Å². The van der Waals surface area contributed by atoms with Crippen molar-refractivity contribution in [2.75, 3.05) is 33.4 Å². The third-order valence-electron chi connectivity index (χ3n) is 7.08. The molecule has 1 saturated heterocycles. The molecular weight excluding hydrogens is 526 g/mol. The normalized spacial score (nSPS) is 14.7. The Morgan fingerprint density at radius 2 is 1.62 bits per heavy atom. The van der Waals surface area contributed by atoms with Gasteiger partial charge >= 0.3 is 5.97 Å². The van der Waals surface area contributed by atoms with Crippen molar-refractivity contribution in [1.82, 2.24) is 4.90 Å². The Morgan fingerprint density at radius 3 is 2.26 bits per heavy atom. The maximum Gasteiger partial charge on any atom is 0.330 e. The quantitative estimate of drug-likeness (QED) is 0.0877. The number of allylic oxidation sites excluding steroid dienone is 2. The van der Waals surface area contributed by atoms with Crippen molar-refractivity contribution < 1.29 is 23.7 Å². The Bertz CT molecular complexity index is 1270. The van der Waals surface area contributed by atoms with Crippen molar-refractivity contribution in [3.05, 3.63) is 126 Å². The first-order chi connectivity index (χ1) is 20.7. The van der Waals surface area contributed by atoms with Crippen molar-refractivity contribution in [2.45, 2.75) is 38.4 Å². The van der Waals surface area contributed by atoms with Crippen LogP contribution < -0.4 is 9.47 Å². The Morgan fingerprint density at radius 1 is 0.929 bits per heavy atom. The number of methoxy groups -OCH3 is 1. The van der Waals surface area contributed by atoms with Crippen molar-refractivity contribution in [1.29, 1.82) is 0 Å². The van der Waals surface area contributed by atoms with Crippen LogP contribution in [0.1, 0.15) is 49.0 Å². The highest BCUT2D eigenvalue weighted by Crippen LogP contribution is 2.30. The van der Waals surface area contributed by atoms with Crippen LogP contribution in [0.15, 0.2) is 109 Å². The van der Waals surface area contributed by atoms with Crippen LogP contribution in [0.3, 0.4) is 0 Å². The summed E-state index contributed by atoms with van der Waals surface area (Å²) in [5, 5.41) is 0. The topological polar surface area (TPSA) is 57.2 Å². The minimum absolute atomic E-state index is 0.0423. The van der Waals surface area contributed by atoms with Crippen LogP contribution in [0.25, 0.3) is 6.08 Å². The van der Waals surface area contributed by atoms with E-state index < -0.39 is 0 Å². The van der Waals surface area contributed by atoms with Crippen molar-refractivity contribution >= 4 is 12.0 Å². The number of nitrogens with zero attached hydrogens (tertiary/aromatic N) is 1. The molecule has 1 heterocycles. The van der Waals surface area contributed by atoms with Gasteiger partial charge in [-0.25, -0.2) is 4.79 Å². The van der Waals surface area contributed by atoms with Gasteiger partial charge in [0.05, 0.1) is 26.1 Å². The van der Waals surface area contributed by atoms with Crippen LogP contribution in [0, 0.1) is 0 Å². The highest BCUT2D eigenvalue weighted by atomic mass is 16.5. The fourth-order valence-corrected chi connectivity index (χ4v) is 4.89. The fraction of sp³-hybridized carbons (Fsp3) is 0.306. The lowest BCUT2D eigenvalue weighted by molar-refractivity contribution is -0.137. The van der Waals surface area contributed by atoms with Gasteiger partial charge < -0.3 is 23.8 Å². The molecule has 0 saturated carbocycles. The molecule has 0 bridgehead atoms. The first-order valence-corrected chi connectivity index (χ1v) is 14.6. The maximum absolute atomic E-state index is 11.4. The summed E-state index contributed by atoms with van der Waals surface area (Å²) >= 11 is 0. The fourth-order valence-electron chi connectivity index (χ4n) is 4.89. The molecule has 6 nitrogen and oxygen atoms in total. The van der Waals surface area contributed by atoms with E-state index in [1.165, 1.54) is 17.2 Å². The molecule has 1 aliphatic rings. The molecule has 42 heavy (non-hydrogen) atoms. The van der Waals surface area contributed by atoms with Gasteiger partial charge in [0.25, 0.3) is 0 Å². The smallest absolute Gasteiger partial charge is 0.330 e. The van der Waals surface area contributed by atoms with Gasteiger partial charge in [-0.3, -0.25) is 0 Å². The van der Waals surface area contributed by atoms with Crippen LogP contribution in [0.5, 0.6) is 11.5 Å². The van der Waals surface area contributed by atoms with E-state index in [0.29, 0.717) is 18.1 Å². The highest BCUT2D eigenvalue weighted by Gasteiger charge is 2.24. The molecule has 0 radical (unpaired) electrons. The second-order valence-electron chi connectivity index (χ2n) is 10.0. The molecule has 0 atom stereocenters. The third kappa shape index (κ3) is 9.75. The Hall–Kier alpha value is -4.13. The predicted molar refractivity (Wildman–Crippen MR) is 167 cm³/mol. The van der Waals surface area contributed by atoms with Gasteiger partial charge in [0.2, 0.25) is 0 Å². The molecule has 0 spiro atoms. The zero-order valence-electron chi connectivity index (χ0n) is 24.6. The Labute approximate surface area is 249 Å². The monoisotopic (exact) mass is 567 g/mol. The van der Waals surface area contributed by atoms with Crippen LogP contribution >= 0.6 is 0 Å². The van der Waals surface area contributed by atoms with Gasteiger partial charge in [-0.15, -0.1) is 0 Å². The van der Waals surface area contributed by atoms with Gasteiger partial charge in [0.15, 0.2) is 11.5 Å². The number of carbonyl (C=O) groups is 1. The summed E-state index contributed by atoms with van der Waals surface area (Å²) in [6.45, 7) is 5.16. The molecule has 220 valence electrons. The zero-order chi connectivity index (χ0) is 29.4. The predicted octanol–water partition coefficient (Wildman–Crippen LogP) is 7.38. The van der Waals surface area contributed by atoms with Crippen LogP contribution in [-0.4, -0.2) is 50.3 Å². The Balaban J connectivity index is 1.20. The molecule has 0 aliphatic carbocycles. The van der Waals surface area contributed by atoms with E-state index in [4.69, 9.17) is 18.9 Å². The lowest BCUT2D eigenvalue weighted by atomic mass is 10.00. The van der Waals surface area contributed by atoms with E-state index in [1.807, 2.05) is 36.4 Å². The van der Waals surface area contributed by atoms with Gasteiger partial charge in [-0.2, -0.15) is 0 Å². The number of ether oxygens (including phenoxy) is 4. The molecule has 0 N–H and O–H groups in total. The maximum atomic E-state index is 11.4. The molecular formula is C36H41NO5. The molecule has 1 fully saturated rings. The van der Waals surface area contributed by atoms with E-state index in [9.17, 15) is 4.79 Å². The van der Waals surface area contributed by atoms with Crippen LogP contribution in [-0.2, 0) is 14.3 Å². The zero-order valence-corrected chi connectivity index (χ0v) is 24.6. The van der Waals surface area contributed by atoms with E-state index in [1.54, 1.807) is 32.4 Å². The van der Waals surface area contributed by atoms with Gasteiger partial charge in [-0.1, -0.05) is 85.0 Å². The number of hydrogen-bond donors (Lipinski definition) is 0. The largest absolute Gasteiger partial charge is 0.493 e. The van der Waals surface area contributed by atoms with E-state index >= 15 is 0 Å². The minimum atomic E-state index is -0.357. The molecule has 3 aromatic rings. The Kier molecular flexibility index (Phi) is 12.5. The van der Waals surface area contributed by atoms with Gasteiger partial charge in [-0.05, 0) is 61.1 Å². The van der Waals surface area contributed by atoms with Crippen molar-refractivity contribution in [3.63, 3.8) is 0 Å².